The minimum Gasteiger partial charge on any atom is -0.353 e. The number of rotatable bonds is 5. The summed E-state index contributed by atoms with van der Waals surface area (Å²) >= 11 is 0. The third kappa shape index (κ3) is 2.75. The number of aromatic nitrogens is 1. The summed E-state index contributed by atoms with van der Waals surface area (Å²) in [5.41, 5.74) is 1.28. The molecule has 0 amide bonds. The molecule has 2 aromatic rings. The quantitative estimate of drug-likeness (QED) is 0.906. The fourth-order valence-electron chi connectivity index (χ4n) is 3.59. The second-order valence-corrected chi connectivity index (χ2v) is 5.91. The van der Waals surface area contributed by atoms with Gasteiger partial charge in [0.15, 0.2) is 0 Å². The Morgan fingerprint density at radius 1 is 1.19 bits per heavy atom. The van der Waals surface area contributed by atoms with Crippen LogP contribution in [0, 0.1) is 0 Å². The zero-order valence-corrected chi connectivity index (χ0v) is 13.1. The largest absolute Gasteiger partial charge is 0.353 e. The minimum absolute atomic E-state index is 0.668. The third-order valence-electron chi connectivity index (χ3n) is 4.60. The van der Waals surface area contributed by atoms with Gasteiger partial charge in [-0.2, -0.15) is 0 Å². The lowest BCUT2D eigenvalue weighted by atomic mass is 10.1. The topological polar surface area (TPSA) is 28.2 Å². The van der Waals surface area contributed by atoms with Crippen LogP contribution in [0.15, 0.2) is 30.5 Å². The zero-order chi connectivity index (χ0) is 14.7. The van der Waals surface area contributed by atoms with Gasteiger partial charge in [0.1, 0.15) is 5.82 Å². The number of hydrogen-bond donors (Lipinski definition) is 1. The molecule has 1 heterocycles. The first-order valence-corrected chi connectivity index (χ1v) is 8.13. The number of nitrogens with zero attached hydrogens (tertiary/aromatic N) is 2. The normalized spacial score (nSPS) is 15.7. The lowest BCUT2D eigenvalue weighted by molar-refractivity contribution is 0.615. The van der Waals surface area contributed by atoms with E-state index in [0.717, 1.165) is 13.1 Å². The molecule has 112 valence electrons. The fraction of sp³-hybridized carbons (Fsp3) is 0.500. The molecular formula is C18H25N3. The molecule has 3 nitrogen and oxygen atoms in total. The number of benzene rings is 1. The summed E-state index contributed by atoms with van der Waals surface area (Å²) in [5, 5.41) is 5.86. The van der Waals surface area contributed by atoms with Crippen LogP contribution in [-0.4, -0.2) is 24.6 Å². The molecule has 1 N–H and O–H groups in total. The summed E-state index contributed by atoms with van der Waals surface area (Å²) in [6.45, 7) is 4.15. The minimum atomic E-state index is 0.668. The second-order valence-electron chi connectivity index (χ2n) is 5.91. The van der Waals surface area contributed by atoms with Crippen LogP contribution in [-0.2, 0) is 6.54 Å². The maximum Gasteiger partial charge on any atom is 0.136 e. The Kier molecular flexibility index (Phi) is 4.39. The van der Waals surface area contributed by atoms with Crippen LogP contribution in [0.5, 0.6) is 0 Å². The number of hydrogen-bond acceptors (Lipinski definition) is 3. The lowest BCUT2D eigenvalue weighted by Crippen LogP contribution is -2.33. The van der Waals surface area contributed by atoms with Crippen LogP contribution in [0.4, 0.5) is 5.82 Å². The molecule has 1 aliphatic rings. The van der Waals surface area contributed by atoms with Crippen molar-refractivity contribution in [3.05, 3.63) is 36.0 Å². The van der Waals surface area contributed by atoms with E-state index in [0.29, 0.717) is 6.04 Å². The Morgan fingerprint density at radius 3 is 2.57 bits per heavy atom. The third-order valence-corrected chi connectivity index (χ3v) is 4.60. The molecule has 1 aliphatic carbocycles. The van der Waals surface area contributed by atoms with Gasteiger partial charge in [-0.15, -0.1) is 0 Å². The average Bonchev–Trinajstić information content (AvgIpc) is 3.04. The maximum absolute atomic E-state index is 4.83. The van der Waals surface area contributed by atoms with Gasteiger partial charge in [-0.1, -0.05) is 37.1 Å². The van der Waals surface area contributed by atoms with Crippen LogP contribution in [0.25, 0.3) is 10.8 Å². The van der Waals surface area contributed by atoms with Crippen LogP contribution in [0.1, 0.15) is 38.2 Å². The molecule has 21 heavy (non-hydrogen) atoms. The van der Waals surface area contributed by atoms with E-state index < -0.39 is 0 Å². The summed E-state index contributed by atoms with van der Waals surface area (Å²) in [4.78, 5) is 7.34. The average molecular weight is 283 g/mol. The maximum atomic E-state index is 4.83. The summed E-state index contributed by atoms with van der Waals surface area (Å²) in [7, 11) is 1.99. The van der Waals surface area contributed by atoms with Crippen LogP contribution in [0.3, 0.4) is 0 Å². The molecule has 1 aromatic carbocycles. The Balaban J connectivity index is 2.07. The first kappa shape index (κ1) is 14.3. The van der Waals surface area contributed by atoms with Gasteiger partial charge >= 0.3 is 0 Å². The number of pyridine rings is 1. The number of fused-ring (bicyclic) bond motifs is 1. The first-order chi connectivity index (χ1) is 10.3. The fourth-order valence-corrected chi connectivity index (χ4v) is 3.59. The molecule has 0 aliphatic heterocycles. The number of nitrogens with one attached hydrogen (secondary N) is 1. The van der Waals surface area contributed by atoms with E-state index in [2.05, 4.69) is 41.4 Å². The van der Waals surface area contributed by atoms with Crippen molar-refractivity contribution in [3.8, 4) is 0 Å². The van der Waals surface area contributed by atoms with Crippen molar-refractivity contribution in [2.75, 3.05) is 18.5 Å². The Hall–Kier alpha value is -1.61. The van der Waals surface area contributed by atoms with Gasteiger partial charge < -0.3 is 10.2 Å². The monoisotopic (exact) mass is 283 g/mol. The predicted octanol–water partition coefficient (Wildman–Crippen LogP) is 3.72. The smallest absolute Gasteiger partial charge is 0.136 e. The van der Waals surface area contributed by atoms with Crippen molar-refractivity contribution in [2.24, 2.45) is 0 Å². The summed E-state index contributed by atoms with van der Waals surface area (Å²) in [6, 6.07) is 9.35. The van der Waals surface area contributed by atoms with Gasteiger partial charge in [-0.3, -0.25) is 0 Å². The molecule has 1 aromatic heterocycles. The van der Waals surface area contributed by atoms with Crippen molar-refractivity contribution in [1.29, 1.82) is 0 Å². The summed E-state index contributed by atoms with van der Waals surface area (Å²) in [6.07, 6.45) is 7.38. The molecule has 0 atom stereocenters. The van der Waals surface area contributed by atoms with Crippen molar-refractivity contribution in [3.63, 3.8) is 0 Å². The highest BCUT2D eigenvalue weighted by atomic mass is 15.2. The highest BCUT2D eigenvalue weighted by Gasteiger charge is 2.24. The Labute approximate surface area is 127 Å². The summed E-state index contributed by atoms with van der Waals surface area (Å²) < 4.78 is 0. The van der Waals surface area contributed by atoms with Crippen molar-refractivity contribution in [2.45, 2.75) is 45.2 Å². The molecule has 0 unspecified atom stereocenters. The van der Waals surface area contributed by atoms with Gasteiger partial charge in [0, 0.05) is 30.7 Å². The van der Waals surface area contributed by atoms with Gasteiger partial charge in [0.25, 0.3) is 0 Å². The molecule has 1 saturated carbocycles. The molecule has 1 fully saturated rings. The van der Waals surface area contributed by atoms with Crippen LogP contribution in [0.2, 0.25) is 0 Å². The van der Waals surface area contributed by atoms with Gasteiger partial charge in [0.05, 0.1) is 0 Å². The van der Waals surface area contributed by atoms with Crippen LogP contribution < -0.4 is 10.2 Å². The van der Waals surface area contributed by atoms with E-state index >= 15 is 0 Å². The predicted molar refractivity (Wildman–Crippen MR) is 89.8 cm³/mol. The summed E-state index contributed by atoms with van der Waals surface area (Å²) in [5.74, 6) is 1.17. The molecule has 3 rings (SSSR count). The molecular weight excluding hydrogens is 258 g/mol. The highest BCUT2D eigenvalue weighted by molar-refractivity contribution is 5.94. The van der Waals surface area contributed by atoms with Crippen molar-refractivity contribution >= 4 is 16.6 Å². The van der Waals surface area contributed by atoms with E-state index in [4.69, 9.17) is 4.98 Å². The van der Waals surface area contributed by atoms with E-state index in [1.54, 1.807) is 0 Å². The van der Waals surface area contributed by atoms with E-state index in [-0.39, 0.29) is 0 Å². The van der Waals surface area contributed by atoms with E-state index in [1.807, 2.05) is 13.2 Å². The molecule has 0 radical (unpaired) electrons. The molecule has 0 spiro atoms. The van der Waals surface area contributed by atoms with Gasteiger partial charge in [0.2, 0.25) is 0 Å². The second kappa shape index (κ2) is 6.44. The Bertz CT molecular complexity index is 602. The van der Waals surface area contributed by atoms with Gasteiger partial charge in [-0.05, 0) is 37.8 Å². The lowest BCUT2D eigenvalue weighted by Gasteiger charge is -2.30. The van der Waals surface area contributed by atoms with Crippen LogP contribution >= 0.6 is 0 Å². The standard InChI is InChI=1S/C18H25N3/c1-3-21(15-8-4-5-9-15)18-17-11-7-6-10-16(17)14(12-19-2)13-20-18/h6-7,10-11,13,15,19H,3-5,8-9,12H2,1-2H3. The molecule has 0 bridgehead atoms. The van der Waals surface area contributed by atoms with E-state index in [1.165, 1.54) is 47.8 Å². The molecule has 0 saturated heterocycles. The van der Waals surface area contributed by atoms with Crippen molar-refractivity contribution < 1.29 is 0 Å². The van der Waals surface area contributed by atoms with Crippen molar-refractivity contribution in [1.82, 2.24) is 10.3 Å². The molecule has 3 heteroatoms. The first-order valence-electron chi connectivity index (χ1n) is 8.13. The Morgan fingerprint density at radius 2 is 1.90 bits per heavy atom. The van der Waals surface area contributed by atoms with E-state index in [9.17, 15) is 0 Å². The zero-order valence-electron chi connectivity index (χ0n) is 13.1. The SMILES string of the molecule is CCN(c1ncc(CNC)c2ccccc12)C1CCCC1. The highest BCUT2D eigenvalue weighted by Crippen LogP contribution is 2.32. The number of anilines is 1. The van der Waals surface area contributed by atoms with Gasteiger partial charge in [-0.25, -0.2) is 4.98 Å².